The molecule has 0 aromatic carbocycles. The minimum absolute atomic E-state index is 0.628. The van der Waals surface area contributed by atoms with Gasteiger partial charge >= 0.3 is 6.09 Å². The van der Waals surface area contributed by atoms with E-state index < -0.39 is 21.0 Å². The van der Waals surface area contributed by atoms with E-state index >= 15 is 0 Å². The standard InChI is InChI=1S/C7H10Cl3NO3/c1-5(2,3)6(7(8,9)10)11(14-6)4(12)13/h1-3H3,(H,12,13). The van der Waals surface area contributed by atoms with E-state index in [1.165, 1.54) is 0 Å². The number of alkyl halides is 3. The van der Waals surface area contributed by atoms with Crippen LogP contribution in [0.15, 0.2) is 0 Å². The van der Waals surface area contributed by atoms with Gasteiger partial charge in [-0.05, 0) is 0 Å². The van der Waals surface area contributed by atoms with Crippen LogP contribution in [0.5, 0.6) is 0 Å². The van der Waals surface area contributed by atoms with Gasteiger partial charge in [-0.1, -0.05) is 55.6 Å². The zero-order valence-electron chi connectivity index (χ0n) is 7.84. The molecule has 7 heteroatoms. The molecule has 1 heterocycles. The second-order valence-electron chi connectivity index (χ2n) is 4.06. The molecule has 14 heavy (non-hydrogen) atoms. The van der Waals surface area contributed by atoms with Gasteiger partial charge in [0.1, 0.15) is 0 Å². The van der Waals surface area contributed by atoms with Crippen molar-refractivity contribution < 1.29 is 14.7 Å². The van der Waals surface area contributed by atoms with Crippen LogP contribution in [-0.2, 0) is 4.84 Å². The van der Waals surface area contributed by atoms with Gasteiger partial charge < -0.3 is 5.11 Å². The van der Waals surface area contributed by atoms with E-state index in [0.29, 0.717) is 5.06 Å². The maximum Gasteiger partial charge on any atom is 0.434 e. The van der Waals surface area contributed by atoms with E-state index in [-0.39, 0.29) is 0 Å². The molecule has 0 bridgehead atoms. The van der Waals surface area contributed by atoms with Crippen molar-refractivity contribution in [2.75, 3.05) is 0 Å². The first-order chi connectivity index (χ1) is 6.04. The molecule has 1 amide bonds. The van der Waals surface area contributed by atoms with Crippen molar-refractivity contribution >= 4 is 40.9 Å². The summed E-state index contributed by atoms with van der Waals surface area (Å²) in [5.41, 5.74) is -2.03. The molecule has 1 aliphatic rings. The number of hydrogen-bond donors (Lipinski definition) is 1. The maximum atomic E-state index is 10.7. The van der Waals surface area contributed by atoms with Crippen LogP contribution < -0.4 is 0 Å². The molecule has 1 N–H and O–H groups in total. The first kappa shape index (κ1) is 12.2. The first-order valence-corrected chi connectivity index (χ1v) is 4.96. The van der Waals surface area contributed by atoms with E-state index in [2.05, 4.69) is 0 Å². The van der Waals surface area contributed by atoms with Gasteiger partial charge in [0.15, 0.2) is 0 Å². The normalized spacial score (nSPS) is 27.7. The molecule has 1 unspecified atom stereocenters. The molecule has 1 fully saturated rings. The molecule has 0 saturated carbocycles. The molecule has 1 rings (SSSR count). The summed E-state index contributed by atoms with van der Waals surface area (Å²) >= 11 is 17.1. The van der Waals surface area contributed by atoms with Crippen molar-refractivity contribution in [1.82, 2.24) is 5.06 Å². The Labute approximate surface area is 96.6 Å². The highest BCUT2D eigenvalue weighted by atomic mass is 35.6. The number of carbonyl (C=O) groups is 1. The fourth-order valence-electron chi connectivity index (χ4n) is 1.32. The summed E-state index contributed by atoms with van der Waals surface area (Å²) in [4.78, 5) is 15.6. The summed E-state index contributed by atoms with van der Waals surface area (Å²) in [6.07, 6.45) is -1.27. The molecule has 82 valence electrons. The van der Waals surface area contributed by atoms with Crippen molar-refractivity contribution in [2.45, 2.75) is 30.3 Å². The molecule has 1 saturated heterocycles. The third-order valence-corrected chi connectivity index (χ3v) is 2.82. The number of halogens is 3. The third kappa shape index (κ3) is 1.54. The minimum atomic E-state index is -1.82. The van der Waals surface area contributed by atoms with Crippen LogP contribution >= 0.6 is 34.8 Å². The van der Waals surface area contributed by atoms with Crippen LogP contribution in [0, 0.1) is 5.41 Å². The molecular weight excluding hydrogens is 252 g/mol. The van der Waals surface area contributed by atoms with Crippen LogP contribution in [0.2, 0.25) is 0 Å². The van der Waals surface area contributed by atoms with E-state index in [0.717, 1.165) is 0 Å². The van der Waals surface area contributed by atoms with Crippen molar-refractivity contribution in [3.8, 4) is 0 Å². The molecular formula is C7H10Cl3NO3. The van der Waals surface area contributed by atoms with Gasteiger partial charge in [0.25, 0.3) is 0 Å². The lowest BCUT2D eigenvalue weighted by atomic mass is 9.85. The summed E-state index contributed by atoms with van der Waals surface area (Å²) < 4.78 is -1.82. The number of hydrogen-bond acceptors (Lipinski definition) is 2. The van der Waals surface area contributed by atoms with Crippen LogP contribution in [0.3, 0.4) is 0 Å². The average molecular weight is 263 g/mol. The summed E-state index contributed by atoms with van der Waals surface area (Å²) in [7, 11) is 0. The van der Waals surface area contributed by atoms with Crippen LogP contribution in [0.4, 0.5) is 4.79 Å². The largest absolute Gasteiger partial charge is 0.463 e. The van der Waals surface area contributed by atoms with Gasteiger partial charge in [-0.25, -0.2) is 9.63 Å². The number of rotatable bonds is 0. The Hall–Kier alpha value is 0.1000. The molecule has 0 radical (unpaired) electrons. The lowest BCUT2D eigenvalue weighted by molar-refractivity contribution is 0.128. The van der Waals surface area contributed by atoms with Gasteiger partial charge in [-0.15, -0.1) is 5.06 Å². The maximum absolute atomic E-state index is 10.7. The van der Waals surface area contributed by atoms with Gasteiger partial charge in [0.05, 0.1) is 0 Å². The quantitative estimate of drug-likeness (QED) is 0.539. The lowest BCUT2D eigenvalue weighted by Crippen LogP contribution is -2.46. The Bertz CT molecular complexity index is 254. The van der Waals surface area contributed by atoms with Gasteiger partial charge in [0.2, 0.25) is 9.52 Å². The summed E-state index contributed by atoms with van der Waals surface area (Å²) in [6, 6.07) is 0. The zero-order valence-corrected chi connectivity index (χ0v) is 10.1. The van der Waals surface area contributed by atoms with Crippen LogP contribution in [0.25, 0.3) is 0 Å². The number of carboxylic acid groups (broad SMARTS) is 1. The number of nitrogens with zero attached hydrogens (tertiary/aromatic N) is 1. The Balaban J connectivity index is 3.05. The van der Waals surface area contributed by atoms with Crippen molar-refractivity contribution in [3.05, 3.63) is 0 Å². The summed E-state index contributed by atoms with van der Waals surface area (Å²) in [5, 5.41) is 9.41. The minimum Gasteiger partial charge on any atom is -0.463 e. The SMILES string of the molecule is CC(C)(C)C1(C(Cl)(Cl)Cl)ON1C(=O)O. The molecule has 4 nitrogen and oxygen atoms in total. The topological polar surface area (TPSA) is 52.8 Å². The molecule has 0 aromatic heterocycles. The van der Waals surface area contributed by atoms with Crippen molar-refractivity contribution in [1.29, 1.82) is 0 Å². The Morgan fingerprint density at radius 1 is 1.36 bits per heavy atom. The predicted octanol–water partition coefficient (Wildman–Crippen LogP) is 3.02. The Morgan fingerprint density at radius 3 is 1.86 bits per heavy atom. The predicted molar refractivity (Wildman–Crippen MR) is 53.4 cm³/mol. The monoisotopic (exact) mass is 261 g/mol. The highest BCUT2D eigenvalue weighted by Crippen LogP contribution is 2.61. The lowest BCUT2D eigenvalue weighted by Gasteiger charge is -2.30. The van der Waals surface area contributed by atoms with Crippen LogP contribution in [0.1, 0.15) is 20.8 Å². The summed E-state index contributed by atoms with van der Waals surface area (Å²) in [5.74, 6) is 0. The molecule has 0 aliphatic carbocycles. The van der Waals surface area contributed by atoms with Crippen molar-refractivity contribution in [2.24, 2.45) is 5.41 Å². The Morgan fingerprint density at radius 2 is 1.79 bits per heavy atom. The fraction of sp³-hybridized carbons (Fsp3) is 0.857. The second kappa shape index (κ2) is 3.04. The van der Waals surface area contributed by atoms with Crippen molar-refractivity contribution in [3.63, 3.8) is 0 Å². The highest BCUT2D eigenvalue weighted by molar-refractivity contribution is 6.68. The van der Waals surface area contributed by atoms with Gasteiger partial charge in [-0.3, -0.25) is 0 Å². The second-order valence-corrected chi connectivity index (χ2v) is 6.34. The number of hydroxylamine groups is 2. The fourth-order valence-corrected chi connectivity index (χ4v) is 2.50. The van der Waals surface area contributed by atoms with E-state index in [9.17, 15) is 4.79 Å². The highest BCUT2D eigenvalue weighted by Gasteiger charge is 2.76. The smallest absolute Gasteiger partial charge is 0.434 e. The van der Waals surface area contributed by atoms with Gasteiger partial charge in [0, 0.05) is 5.41 Å². The van der Waals surface area contributed by atoms with E-state index in [1.807, 2.05) is 0 Å². The molecule has 0 aromatic rings. The zero-order chi connectivity index (χ0) is 11.4. The average Bonchev–Trinajstić information content (AvgIpc) is 2.54. The Kier molecular flexibility index (Phi) is 2.65. The third-order valence-electron chi connectivity index (χ3n) is 2.05. The molecule has 1 atom stereocenters. The van der Waals surface area contributed by atoms with E-state index in [1.54, 1.807) is 20.8 Å². The van der Waals surface area contributed by atoms with E-state index in [4.69, 9.17) is 44.7 Å². The summed E-state index contributed by atoms with van der Waals surface area (Å²) in [6.45, 7) is 5.20. The number of amides is 1. The van der Waals surface area contributed by atoms with Gasteiger partial charge in [-0.2, -0.15) is 0 Å². The molecule has 0 spiro atoms. The molecule has 1 aliphatic heterocycles. The first-order valence-electron chi connectivity index (χ1n) is 3.83. The van der Waals surface area contributed by atoms with Crippen LogP contribution in [-0.4, -0.2) is 25.8 Å².